The van der Waals surface area contributed by atoms with E-state index in [1.165, 1.54) is 0 Å². The molecule has 0 saturated heterocycles. The molecule has 1 aliphatic rings. The standard InChI is InChI=1S/C25H19ClN4O4S/c1-35(33)16-9-7-15(8-10-16)30-23-18-12-14(28-25(32)17-4-2-3-5-20(17)26)6-11-21(18)34-13-19(23)22(29-30)24(27)31/h2-12H,13H2,1H3,(H2,27,31)(H,28,32). The molecule has 176 valence electrons. The molecule has 0 spiro atoms. The Morgan fingerprint density at radius 2 is 1.89 bits per heavy atom. The topological polar surface area (TPSA) is 122 Å². The quantitative estimate of drug-likeness (QED) is 0.393. The summed E-state index contributed by atoms with van der Waals surface area (Å²) < 4.78 is 19.3. The molecule has 35 heavy (non-hydrogen) atoms. The summed E-state index contributed by atoms with van der Waals surface area (Å²) >= 11 is 5.03. The number of nitrogens with two attached hydrogens (primary N) is 1. The molecule has 1 unspecified atom stereocenters. The largest absolute Gasteiger partial charge is 0.612 e. The number of carbonyl (C=O) groups excluding carboxylic acids is 2. The predicted molar refractivity (Wildman–Crippen MR) is 134 cm³/mol. The number of primary amides is 1. The summed E-state index contributed by atoms with van der Waals surface area (Å²) in [6.07, 6.45) is 1.60. The lowest BCUT2D eigenvalue weighted by Crippen LogP contribution is -2.16. The highest BCUT2D eigenvalue weighted by Gasteiger charge is 2.30. The second-order valence-corrected chi connectivity index (χ2v) is 9.62. The van der Waals surface area contributed by atoms with Crippen LogP contribution in [0.1, 0.15) is 26.4 Å². The Morgan fingerprint density at radius 1 is 1.14 bits per heavy atom. The molecule has 5 rings (SSSR count). The number of amides is 2. The number of hydrogen-bond donors (Lipinski definition) is 2. The lowest BCUT2D eigenvalue weighted by atomic mass is 10.0. The fourth-order valence-electron chi connectivity index (χ4n) is 3.94. The smallest absolute Gasteiger partial charge is 0.269 e. The monoisotopic (exact) mass is 506 g/mol. The lowest BCUT2D eigenvalue weighted by molar-refractivity contribution is 0.0990. The van der Waals surface area contributed by atoms with Crippen LogP contribution in [-0.4, -0.2) is 32.4 Å². The third kappa shape index (κ3) is 4.25. The van der Waals surface area contributed by atoms with E-state index in [1.807, 2.05) is 0 Å². The number of carbonyl (C=O) groups is 2. The van der Waals surface area contributed by atoms with Crippen LogP contribution in [0.4, 0.5) is 5.69 Å². The Balaban J connectivity index is 1.59. The van der Waals surface area contributed by atoms with Gasteiger partial charge in [0.15, 0.2) is 10.6 Å². The summed E-state index contributed by atoms with van der Waals surface area (Å²) in [5.74, 6) is -0.472. The molecular formula is C25H19ClN4O4S. The van der Waals surface area contributed by atoms with Gasteiger partial charge in [-0.05, 0) is 65.8 Å². The van der Waals surface area contributed by atoms with Crippen molar-refractivity contribution in [1.82, 2.24) is 9.78 Å². The van der Waals surface area contributed by atoms with Crippen molar-refractivity contribution in [1.29, 1.82) is 0 Å². The van der Waals surface area contributed by atoms with Gasteiger partial charge in [-0.3, -0.25) is 9.59 Å². The van der Waals surface area contributed by atoms with Crippen LogP contribution in [0.5, 0.6) is 5.75 Å². The number of ether oxygens (including phenoxy) is 1. The zero-order chi connectivity index (χ0) is 24.7. The van der Waals surface area contributed by atoms with Crippen LogP contribution in [0.3, 0.4) is 0 Å². The van der Waals surface area contributed by atoms with Crippen molar-refractivity contribution in [3.05, 3.63) is 88.6 Å². The molecule has 10 heteroatoms. The number of benzene rings is 3. The van der Waals surface area contributed by atoms with Gasteiger partial charge < -0.3 is 20.3 Å². The van der Waals surface area contributed by atoms with Gasteiger partial charge in [0.2, 0.25) is 0 Å². The SMILES string of the molecule is C[S+]([O-])c1ccc(-n2nc(C(N)=O)c3c2-c2cc(NC(=O)c4ccccc4Cl)ccc2OC3)cc1. The van der Waals surface area contributed by atoms with Crippen molar-refractivity contribution in [2.24, 2.45) is 5.73 Å². The summed E-state index contributed by atoms with van der Waals surface area (Å²) in [4.78, 5) is 25.6. The van der Waals surface area contributed by atoms with Crippen LogP contribution in [0.15, 0.2) is 71.6 Å². The summed E-state index contributed by atoms with van der Waals surface area (Å²) in [5, 5.41) is 7.66. The van der Waals surface area contributed by atoms with Crippen molar-refractivity contribution in [3.63, 3.8) is 0 Å². The molecule has 0 aliphatic carbocycles. The Hall–Kier alpha value is -3.79. The number of halogens is 1. The summed E-state index contributed by atoms with van der Waals surface area (Å²) in [6.45, 7) is 0.114. The van der Waals surface area contributed by atoms with E-state index in [-0.39, 0.29) is 18.2 Å². The minimum atomic E-state index is -1.13. The van der Waals surface area contributed by atoms with Crippen LogP contribution in [0, 0.1) is 0 Å². The number of anilines is 1. The van der Waals surface area contributed by atoms with Crippen molar-refractivity contribution in [2.75, 3.05) is 11.6 Å². The minimum absolute atomic E-state index is 0.0966. The Labute approximate surface area is 208 Å². The lowest BCUT2D eigenvalue weighted by Gasteiger charge is -2.21. The Kier molecular flexibility index (Phi) is 5.98. The van der Waals surface area contributed by atoms with Gasteiger partial charge in [-0.2, -0.15) is 5.10 Å². The van der Waals surface area contributed by atoms with Gasteiger partial charge >= 0.3 is 0 Å². The number of nitrogens with one attached hydrogen (secondary N) is 1. The number of hydrogen-bond acceptors (Lipinski definition) is 5. The first-order valence-corrected chi connectivity index (χ1v) is 12.5. The van der Waals surface area contributed by atoms with Crippen molar-refractivity contribution in [2.45, 2.75) is 11.5 Å². The van der Waals surface area contributed by atoms with Crippen LogP contribution in [0.25, 0.3) is 16.9 Å². The van der Waals surface area contributed by atoms with Gasteiger partial charge in [0.25, 0.3) is 11.8 Å². The maximum Gasteiger partial charge on any atom is 0.269 e. The average Bonchev–Trinajstić information content (AvgIpc) is 3.25. The average molecular weight is 507 g/mol. The van der Waals surface area contributed by atoms with Gasteiger partial charge in [0.05, 0.1) is 22.0 Å². The molecule has 2 amide bonds. The molecule has 1 aromatic heterocycles. The van der Waals surface area contributed by atoms with Gasteiger partial charge in [-0.15, -0.1) is 0 Å². The number of aromatic nitrogens is 2. The highest BCUT2D eigenvalue weighted by Crippen LogP contribution is 2.41. The molecule has 1 aliphatic heterocycles. The fourth-order valence-corrected chi connectivity index (χ4v) is 4.68. The van der Waals surface area contributed by atoms with E-state index in [4.69, 9.17) is 22.1 Å². The van der Waals surface area contributed by atoms with Crippen LogP contribution in [0.2, 0.25) is 5.02 Å². The number of nitrogens with zero attached hydrogens (tertiary/aromatic N) is 2. The molecule has 1 atom stereocenters. The van der Waals surface area contributed by atoms with Crippen molar-refractivity contribution >= 4 is 40.3 Å². The number of fused-ring (bicyclic) bond motifs is 3. The molecule has 8 nitrogen and oxygen atoms in total. The highest BCUT2D eigenvalue weighted by atomic mass is 35.5. The van der Waals surface area contributed by atoms with Crippen LogP contribution in [-0.2, 0) is 17.8 Å². The summed E-state index contributed by atoms with van der Waals surface area (Å²) in [5.41, 5.74) is 9.01. The van der Waals surface area contributed by atoms with Gasteiger partial charge in [-0.25, -0.2) is 4.68 Å². The normalized spacial score (nSPS) is 12.8. The van der Waals surface area contributed by atoms with Crippen molar-refractivity contribution in [3.8, 4) is 22.7 Å². The molecule has 3 aromatic carbocycles. The van der Waals surface area contributed by atoms with E-state index in [0.29, 0.717) is 49.4 Å². The first kappa shape index (κ1) is 23.0. The maximum atomic E-state index is 12.8. The van der Waals surface area contributed by atoms with E-state index in [2.05, 4.69) is 10.4 Å². The molecule has 0 bridgehead atoms. The van der Waals surface area contributed by atoms with Gasteiger partial charge in [0.1, 0.15) is 18.6 Å². The minimum Gasteiger partial charge on any atom is -0.612 e. The van der Waals surface area contributed by atoms with Crippen LogP contribution < -0.4 is 15.8 Å². The summed E-state index contributed by atoms with van der Waals surface area (Å²) in [6, 6.07) is 19.0. The fraction of sp³-hybridized carbons (Fsp3) is 0.0800. The second-order valence-electron chi connectivity index (χ2n) is 7.83. The summed E-state index contributed by atoms with van der Waals surface area (Å²) in [7, 11) is 0. The van der Waals surface area contributed by atoms with E-state index in [0.717, 1.165) is 0 Å². The third-order valence-electron chi connectivity index (χ3n) is 5.61. The second kappa shape index (κ2) is 9.10. The van der Waals surface area contributed by atoms with E-state index < -0.39 is 17.1 Å². The molecule has 0 fully saturated rings. The third-order valence-corrected chi connectivity index (χ3v) is 6.88. The van der Waals surface area contributed by atoms with E-state index in [1.54, 1.807) is 77.7 Å². The molecule has 0 saturated carbocycles. The molecular weight excluding hydrogens is 488 g/mol. The van der Waals surface area contributed by atoms with Crippen LogP contribution >= 0.6 is 11.6 Å². The molecule has 0 radical (unpaired) electrons. The molecule has 3 N–H and O–H groups in total. The number of rotatable bonds is 5. The first-order chi connectivity index (χ1) is 16.8. The zero-order valence-corrected chi connectivity index (χ0v) is 20.0. The van der Waals surface area contributed by atoms with Gasteiger partial charge in [0, 0.05) is 16.8 Å². The molecule has 4 aromatic rings. The van der Waals surface area contributed by atoms with Gasteiger partial charge in [-0.1, -0.05) is 23.7 Å². The maximum absolute atomic E-state index is 12.8. The van der Waals surface area contributed by atoms with E-state index >= 15 is 0 Å². The highest BCUT2D eigenvalue weighted by molar-refractivity contribution is 7.90. The zero-order valence-electron chi connectivity index (χ0n) is 18.4. The predicted octanol–water partition coefficient (Wildman–Crippen LogP) is 4.17. The first-order valence-electron chi connectivity index (χ1n) is 10.5. The van der Waals surface area contributed by atoms with E-state index in [9.17, 15) is 14.1 Å². The van der Waals surface area contributed by atoms with Crippen molar-refractivity contribution < 1.29 is 18.9 Å². The molecule has 2 heterocycles. The Bertz CT molecular complexity index is 1470. The Morgan fingerprint density at radius 3 is 2.57 bits per heavy atom.